The van der Waals surface area contributed by atoms with Crippen molar-refractivity contribution in [1.29, 1.82) is 0 Å². The minimum Gasteiger partial charge on any atom is -0.462 e. The van der Waals surface area contributed by atoms with E-state index in [1.165, 1.54) is 186 Å². The Balaban J connectivity index is 1.73. The highest BCUT2D eigenvalue weighted by molar-refractivity contribution is 5.70. The van der Waals surface area contributed by atoms with Crippen LogP contribution in [0.25, 0.3) is 0 Å². The molecule has 7 N–H and O–H groups in total. The van der Waals surface area contributed by atoms with E-state index in [-0.39, 0.29) is 26.1 Å². The molecule has 2 aliphatic rings. The molecule has 2 rings (SSSR count). The van der Waals surface area contributed by atoms with E-state index in [0.717, 1.165) is 38.5 Å². The Kier molecular flexibility index (Phi) is 42.2. The second-order valence-corrected chi connectivity index (χ2v) is 21.5. The van der Waals surface area contributed by atoms with Gasteiger partial charge in [-0.05, 0) is 12.8 Å². The lowest BCUT2D eigenvalue weighted by atomic mass is 9.98. The molecule has 2 saturated heterocycles. The SMILES string of the molecule is CCCCCCCCCCCCCCCCCCCCCC(=O)OC[C@@H](CO[C@@H]1O[C@H](CO[C@@H]2O[C@H](CO)[C@H](O)C(O)C2O)[C@H](O)C(O)C1O)OC(=O)CCCCCCCCCCCCCCCCCCCC. The van der Waals surface area contributed by atoms with Crippen LogP contribution in [0.1, 0.15) is 264 Å². The van der Waals surface area contributed by atoms with Gasteiger partial charge in [-0.1, -0.05) is 239 Å². The number of carbonyl (C=O) groups is 2. The van der Waals surface area contributed by atoms with Crippen LogP contribution in [0.4, 0.5) is 0 Å². The third-order valence-electron chi connectivity index (χ3n) is 14.8. The minimum atomic E-state index is -1.76. The summed E-state index contributed by atoms with van der Waals surface area (Å²) in [6.07, 6.45) is 29.8. The van der Waals surface area contributed by atoms with Crippen LogP contribution in [0.15, 0.2) is 0 Å². The standard InChI is InChI=1S/C58H110O15/c1-3-5-7-9-11-13-15-17-19-21-23-25-26-28-30-32-34-36-38-40-49(60)68-43-46(71-50(61)41-39-37-35-33-31-29-27-24-22-20-18-16-14-12-10-8-6-4-2)44-69-57-56(67)54(65)52(63)48(73-57)45-70-58-55(66)53(64)51(62)47(42-59)72-58/h46-48,51-59,62-67H,3-45H2,1-2H3/t46-,47+,48+,51-,52-,53?,54?,55?,56?,57+,58+/m0/s1. The fourth-order valence-corrected chi connectivity index (χ4v) is 9.93. The van der Waals surface area contributed by atoms with E-state index in [0.29, 0.717) is 12.8 Å². The Morgan fingerprint density at radius 3 is 1.07 bits per heavy atom. The maximum Gasteiger partial charge on any atom is 0.306 e. The lowest BCUT2D eigenvalue weighted by Crippen LogP contribution is -2.61. The van der Waals surface area contributed by atoms with Crippen LogP contribution < -0.4 is 0 Å². The molecule has 15 heteroatoms. The fraction of sp³-hybridized carbons (Fsp3) is 0.966. The molecule has 0 aromatic carbocycles. The summed E-state index contributed by atoms with van der Waals surface area (Å²) in [6, 6.07) is 0. The normalized spacial score (nSPS) is 24.7. The van der Waals surface area contributed by atoms with Crippen molar-refractivity contribution >= 4 is 11.9 Å². The number of hydrogen-bond donors (Lipinski definition) is 7. The molecule has 0 aromatic heterocycles. The van der Waals surface area contributed by atoms with Crippen LogP contribution >= 0.6 is 0 Å². The van der Waals surface area contributed by atoms with E-state index in [2.05, 4.69) is 13.8 Å². The smallest absolute Gasteiger partial charge is 0.306 e. The number of hydrogen-bond acceptors (Lipinski definition) is 15. The largest absolute Gasteiger partial charge is 0.462 e. The van der Waals surface area contributed by atoms with Crippen molar-refractivity contribution in [3.63, 3.8) is 0 Å². The van der Waals surface area contributed by atoms with Crippen molar-refractivity contribution in [3.8, 4) is 0 Å². The predicted molar refractivity (Wildman–Crippen MR) is 285 cm³/mol. The van der Waals surface area contributed by atoms with Crippen LogP contribution in [0.3, 0.4) is 0 Å². The summed E-state index contributed by atoms with van der Waals surface area (Å²) in [7, 11) is 0. The molecular weight excluding hydrogens is 937 g/mol. The van der Waals surface area contributed by atoms with Crippen molar-refractivity contribution in [1.82, 2.24) is 0 Å². The molecule has 0 aromatic rings. The maximum absolute atomic E-state index is 13.1. The first-order valence-electron chi connectivity index (χ1n) is 30.1. The summed E-state index contributed by atoms with van der Waals surface area (Å²) in [5, 5.41) is 72.3. The van der Waals surface area contributed by atoms with Gasteiger partial charge in [0.05, 0.1) is 19.8 Å². The predicted octanol–water partition coefficient (Wildman–Crippen LogP) is 10.3. The molecule has 0 aliphatic carbocycles. The first-order valence-corrected chi connectivity index (χ1v) is 30.1. The highest BCUT2D eigenvalue weighted by Gasteiger charge is 2.47. The summed E-state index contributed by atoms with van der Waals surface area (Å²) in [5.74, 6) is -0.902. The summed E-state index contributed by atoms with van der Waals surface area (Å²) < 4.78 is 33.7. The van der Waals surface area contributed by atoms with Gasteiger partial charge in [-0.15, -0.1) is 0 Å². The highest BCUT2D eigenvalue weighted by Crippen LogP contribution is 2.27. The molecule has 0 spiro atoms. The maximum atomic E-state index is 13.1. The third-order valence-corrected chi connectivity index (χ3v) is 14.8. The van der Waals surface area contributed by atoms with Gasteiger partial charge in [0.25, 0.3) is 0 Å². The molecule has 73 heavy (non-hydrogen) atoms. The quantitative estimate of drug-likeness (QED) is 0.0222. The number of unbranched alkanes of at least 4 members (excludes halogenated alkanes) is 35. The lowest BCUT2D eigenvalue weighted by molar-refractivity contribution is -0.332. The molecule has 2 fully saturated rings. The van der Waals surface area contributed by atoms with Crippen molar-refractivity contribution in [2.45, 2.75) is 332 Å². The van der Waals surface area contributed by atoms with Gasteiger partial charge in [0.1, 0.15) is 55.4 Å². The Labute approximate surface area is 442 Å². The average Bonchev–Trinajstić information content (AvgIpc) is 3.38. The average molecular weight is 1050 g/mol. The number of carbonyl (C=O) groups excluding carboxylic acids is 2. The molecule has 0 bridgehead atoms. The van der Waals surface area contributed by atoms with E-state index < -0.39 is 92.7 Å². The second-order valence-electron chi connectivity index (χ2n) is 21.5. The second kappa shape index (κ2) is 45.5. The van der Waals surface area contributed by atoms with Crippen LogP contribution in [-0.4, -0.2) is 142 Å². The number of rotatable bonds is 49. The van der Waals surface area contributed by atoms with Crippen LogP contribution in [0.5, 0.6) is 0 Å². The van der Waals surface area contributed by atoms with Gasteiger partial charge in [-0.2, -0.15) is 0 Å². The number of aliphatic hydroxyl groups is 7. The molecule has 0 radical (unpaired) electrons. The van der Waals surface area contributed by atoms with Gasteiger partial charge in [0.2, 0.25) is 0 Å². The molecule has 4 unspecified atom stereocenters. The third kappa shape index (κ3) is 32.8. The van der Waals surface area contributed by atoms with Crippen LogP contribution in [0, 0.1) is 0 Å². The van der Waals surface area contributed by atoms with Gasteiger partial charge in [-0.3, -0.25) is 9.59 Å². The molecule has 11 atom stereocenters. The molecule has 2 heterocycles. The monoisotopic (exact) mass is 1050 g/mol. The van der Waals surface area contributed by atoms with Crippen LogP contribution in [-0.2, 0) is 38.0 Å². The highest BCUT2D eigenvalue weighted by atomic mass is 16.7. The van der Waals surface area contributed by atoms with Gasteiger partial charge in [0.15, 0.2) is 18.7 Å². The lowest BCUT2D eigenvalue weighted by Gasteiger charge is -2.42. The number of aliphatic hydroxyl groups excluding tert-OH is 7. The topological polar surface area (TPSA) is 231 Å². The first-order chi connectivity index (χ1) is 35.5. The fourth-order valence-electron chi connectivity index (χ4n) is 9.93. The van der Waals surface area contributed by atoms with Crippen molar-refractivity contribution in [2.24, 2.45) is 0 Å². The van der Waals surface area contributed by atoms with Crippen molar-refractivity contribution in [2.75, 3.05) is 26.4 Å². The van der Waals surface area contributed by atoms with Crippen molar-refractivity contribution in [3.05, 3.63) is 0 Å². The van der Waals surface area contributed by atoms with Gasteiger partial charge in [-0.25, -0.2) is 0 Å². The Bertz CT molecular complexity index is 1280. The van der Waals surface area contributed by atoms with Gasteiger partial charge in [0, 0.05) is 12.8 Å². The molecular formula is C58H110O15. The van der Waals surface area contributed by atoms with E-state index in [9.17, 15) is 45.3 Å². The molecule has 15 nitrogen and oxygen atoms in total. The Hall–Kier alpha value is -1.50. The molecule has 0 amide bonds. The summed E-state index contributed by atoms with van der Waals surface area (Å²) >= 11 is 0. The minimum absolute atomic E-state index is 0.174. The molecule has 0 saturated carbocycles. The zero-order chi connectivity index (χ0) is 53.2. The van der Waals surface area contributed by atoms with Gasteiger partial charge < -0.3 is 64.2 Å². The van der Waals surface area contributed by atoms with Gasteiger partial charge >= 0.3 is 11.9 Å². The van der Waals surface area contributed by atoms with E-state index in [1.54, 1.807) is 0 Å². The molecule has 2 aliphatic heterocycles. The zero-order valence-corrected chi connectivity index (χ0v) is 46.2. The van der Waals surface area contributed by atoms with Crippen molar-refractivity contribution < 1.29 is 73.8 Å². The number of esters is 2. The van der Waals surface area contributed by atoms with Crippen LogP contribution in [0.2, 0.25) is 0 Å². The Morgan fingerprint density at radius 1 is 0.384 bits per heavy atom. The van der Waals surface area contributed by atoms with E-state index in [4.69, 9.17) is 28.4 Å². The van der Waals surface area contributed by atoms with E-state index >= 15 is 0 Å². The number of ether oxygens (including phenoxy) is 6. The van der Waals surface area contributed by atoms with E-state index in [1.807, 2.05) is 0 Å². The first kappa shape index (κ1) is 67.6. The zero-order valence-electron chi connectivity index (χ0n) is 46.2. The Morgan fingerprint density at radius 2 is 0.699 bits per heavy atom. The summed E-state index contributed by atoms with van der Waals surface area (Å²) in [4.78, 5) is 25.9. The summed E-state index contributed by atoms with van der Waals surface area (Å²) in [6.45, 7) is 2.66. The molecule has 432 valence electrons. The summed E-state index contributed by atoms with van der Waals surface area (Å²) in [5.41, 5.74) is 0.